The molecule has 2 heterocycles. The fraction of sp³-hybridized carbons (Fsp3) is 0.375. The van der Waals surface area contributed by atoms with Gasteiger partial charge in [0.25, 0.3) is 0 Å². The van der Waals surface area contributed by atoms with Crippen molar-refractivity contribution < 1.29 is 9.90 Å². The molecule has 0 spiro atoms. The molecule has 0 unspecified atom stereocenters. The highest BCUT2D eigenvalue weighted by molar-refractivity contribution is 7.13. The van der Waals surface area contributed by atoms with Crippen LogP contribution in [-0.4, -0.2) is 40.1 Å². The first-order valence-corrected chi connectivity index (χ1v) is 8.25. The quantitative estimate of drug-likeness (QED) is 0.882. The number of amides is 1. The van der Waals surface area contributed by atoms with Crippen LogP contribution in [0.5, 0.6) is 0 Å². The first-order valence-electron chi connectivity index (χ1n) is 7.37. The molecule has 2 aromatic rings. The van der Waals surface area contributed by atoms with Crippen LogP contribution >= 0.6 is 11.3 Å². The van der Waals surface area contributed by atoms with Crippen LogP contribution in [0.25, 0.3) is 10.6 Å². The molecule has 0 bridgehead atoms. The Morgan fingerprint density at radius 2 is 2.18 bits per heavy atom. The highest BCUT2D eigenvalue weighted by Gasteiger charge is 2.24. The number of thiazole rings is 1. The minimum Gasteiger partial charge on any atom is -0.395 e. The average molecular weight is 317 g/mol. The topological polar surface area (TPSA) is 79.5 Å². The minimum atomic E-state index is -0.421. The number of primary amides is 1. The number of carbonyl (C=O) groups is 1. The molecule has 1 aliphatic heterocycles. The van der Waals surface area contributed by atoms with Crippen LogP contribution in [0.1, 0.15) is 28.9 Å². The molecule has 0 radical (unpaired) electrons. The Bertz CT molecular complexity index is 654. The van der Waals surface area contributed by atoms with E-state index < -0.39 is 5.91 Å². The van der Waals surface area contributed by atoms with Gasteiger partial charge in [-0.1, -0.05) is 12.1 Å². The van der Waals surface area contributed by atoms with Gasteiger partial charge in [0.1, 0.15) is 5.01 Å². The van der Waals surface area contributed by atoms with Crippen LogP contribution < -0.4 is 5.73 Å². The molecule has 1 aromatic carbocycles. The summed E-state index contributed by atoms with van der Waals surface area (Å²) in [5.41, 5.74) is 7.76. The van der Waals surface area contributed by atoms with Crippen LogP contribution in [0, 0.1) is 0 Å². The van der Waals surface area contributed by atoms with Crippen LogP contribution in [0.3, 0.4) is 0 Å². The van der Waals surface area contributed by atoms with Gasteiger partial charge in [0.2, 0.25) is 5.91 Å². The maximum absolute atomic E-state index is 11.1. The lowest BCUT2D eigenvalue weighted by Gasteiger charge is -2.21. The molecule has 1 aromatic heterocycles. The van der Waals surface area contributed by atoms with Gasteiger partial charge in [-0.15, -0.1) is 11.3 Å². The number of benzene rings is 1. The summed E-state index contributed by atoms with van der Waals surface area (Å²) in [7, 11) is 0. The van der Waals surface area contributed by atoms with E-state index in [-0.39, 0.29) is 12.6 Å². The number of rotatable bonds is 5. The molecule has 5 nitrogen and oxygen atoms in total. The number of hydrogen-bond acceptors (Lipinski definition) is 5. The molecule has 0 aliphatic carbocycles. The average Bonchev–Trinajstić information content (AvgIpc) is 3.17. The maximum Gasteiger partial charge on any atom is 0.248 e. The molecular weight excluding hydrogens is 298 g/mol. The zero-order valence-corrected chi connectivity index (χ0v) is 13.1. The molecule has 1 aliphatic rings. The van der Waals surface area contributed by atoms with E-state index in [1.54, 1.807) is 23.5 Å². The number of carbonyl (C=O) groups excluding carboxylic acids is 1. The lowest BCUT2D eigenvalue weighted by molar-refractivity contribution is 0.100. The number of aliphatic hydroxyl groups is 1. The van der Waals surface area contributed by atoms with Gasteiger partial charge < -0.3 is 10.8 Å². The summed E-state index contributed by atoms with van der Waals surface area (Å²) >= 11 is 1.59. The predicted octanol–water partition coefficient (Wildman–Crippen LogP) is 1.87. The van der Waals surface area contributed by atoms with Crippen LogP contribution in [0.4, 0.5) is 0 Å². The Morgan fingerprint density at radius 1 is 1.41 bits per heavy atom. The third kappa shape index (κ3) is 3.19. The normalized spacial score (nSPS) is 18.7. The van der Waals surface area contributed by atoms with Crippen LogP contribution in [0.15, 0.2) is 29.6 Å². The SMILES string of the molecule is NC(=O)c1ccc(-c2nc(CN3CCC[C@@H]3CO)cs2)cc1. The molecule has 1 fully saturated rings. The Labute approximate surface area is 133 Å². The van der Waals surface area contributed by atoms with E-state index in [1.165, 1.54) is 0 Å². The van der Waals surface area contributed by atoms with E-state index in [1.807, 2.05) is 12.1 Å². The number of aromatic nitrogens is 1. The summed E-state index contributed by atoms with van der Waals surface area (Å²) in [6.07, 6.45) is 2.19. The monoisotopic (exact) mass is 317 g/mol. The fourth-order valence-corrected chi connectivity index (χ4v) is 3.62. The fourth-order valence-electron chi connectivity index (χ4n) is 2.81. The Kier molecular flexibility index (Phi) is 4.52. The lowest BCUT2D eigenvalue weighted by Crippen LogP contribution is -2.31. The summed E-state index contributed by atoms with van der Waals surface area (Å²) in [5.74, 6) is -0.421. The number of aliphatic hydroxyl groups excluding tert-OH is 1. The molecule has 3 rings (SSSR count). The van der Waals surface area contributed by atoms with Crippen molar-refractivity contribution in [2.24, 2.45) is 5.73 Å². The summed E-state index contributed by atoms with van der Waals surface area (Å²) in [6.45, 7) is 2.01. The van der Waals surface area contributed by atoms with Crippen molar-refractivity contribution in [1.29, 1.82) is 0 Å². The molecule has 22 heavy (non-hydrogen) atoms. The van der Waals surface area contributed by atoms with Gasteiger partial charge in [-0.3, -0.25) is 9.69 Å². The summed E-state index contributed by atoms with van der Waals surface area (Å²) < 4.78 is 0. The second-order valence-electron chi connectivity index (χ2n) is 5.53. The van der Waals surface area contributed by atoms with Crippen LogP contribution in [-0.2, 0) is 6.54 Å². The van der Waals surface area contributed by atoms with E-state index in [0.717, 1.165) is 42.2 Å². The van der Waals surface area contributed by atoms with Gasteiger partial charge >= 0.3 is 0 Å². The van der Waals surface area contributed by atoms with Crippen molar-refractivity contribution in [1.82, 2.24) is 9.88 Å². The standard InChI is InChI=1S/C16H19N3O2S/c17-15(21)11-3-5-12(6-4-11)16-18-13(10-22-16)8-19-7-1-2-14(19)9-20/h3-6,10,14,20H,1-2,7-9H2,(H2,17,21)/t14-/m1/s1. The molecule has 0 saturated carbocycles. The Hall–Kier alpha value is -1.76. The molecule has 3 N–H and O–H groups in total. The van der Waals surface area contributed by atoms with Crippen molar-refractivity contribution in [2.45, 2.75) is 25.4 Å². The third-order valence-electron chi connectivity index (χ3n) is 4.04. The second-order valence-corrected chi connectivity index (χ2v) is 6.39. The van der Waals surface area contributed by atoms with Crippen molar-refractivity contribution >= 4 is 17.2 Å². The summed E-state index contributed by atoms with van der Waals surface area (Å²) in [5, 5.41) is 12.4. The highest BCUT2D eigenvalue weighted by atomic mass is 32.1. The number of nitrogens with two attached hydrogens (primary N) is 1. The van der Waals surface area contributed by atoms with Gasteiger partial charge in [0, 0.05) is 29.1 Å². The Morgan fingerprint density at radius 3 is 2.86 bits per heavy atom. The Balaban J connectivity index is 1.72. The van der Waals surface area contributed by atoms with Crippen LogP contribution in [0.2, 0.25) is 0 Å². The van der Waals surface area contributed by atoms with E-state index in [0.29, 0.717) is 5.56 Å². The van der Waals surface area contributed by atoms with Crippen molar-refractivity contribution in [3.05, 3.63) is 40.9 Å². The zero-order chi connectivity index (χ0) is 15.5. The number of nitrogens with zero attached hydrogens (tertiary/aromatic N) is 2. The molecule has 1 saturated heterocycles. The summed E-state index contributed by atoms with van der Waals surface area (Å²) in [6, 6.07) is 7.45. The molecule has 1 amide bonds. The van der Waals surface area contributed by atoms with Gasteiger partial charge in [-0.05, 0) is 31.5 Å². The van der Waals surface area contributed by atoms with E-state index in [2.05, 4.69) is 15.3 Å². The minimum absolute atomic E-state index is 0.214. The molecule has 1 atom stereocenters. The second kappa shape index (κ2) is 6.56. The number of likely N-dealkylation sites (tertiary alicyclic amines) is 1. The zero-order valence-electron chi connectivity index (χ0n) is 12.2. The smallest absolute Gasteiger partial charge is 0.248 e. The molecular formula is C16H19N3O2S. The van der Waals surface area contributed by atoms with Gasteiger partial charge in [0.15, 0.2) is 0 Å². The highest BCUT2D eigenvalue weighted by Crippen LogP contribution is 2.26. The van der Waals surface area contributed by atoms with E-state index >= 15 is 0 Å². The largest absolute Gasteiger partial charge is 0.395 e. The first-order chi connectivity index (χ1) is 10.7. The third-order valence-corrected chi connectivity index (χ3v) is 4.98. The van der Waals surface area contributed by atoms with Gasteiger partial charge in [-0.25, -0.2) is 4.98 Å². The van der Waals surface area contributed by atoms with Crippen molar-refractivity contribution in [3.63, 3.8) is 0 Å². The van der Waals surface area contributed by atoms with Gasteiger partial charge in [-0.2, -0.15) is 0 Å². The van der Waals surface area contributed by atoms with Crippen molar-refractivity contribution in [2.75, 3.05) is 13.2 Å². The van der Waals surface area contributed by atoms with Crippen molar-refractivity contribution in [3.8, 4) is 10.6 Å². The predicted molar refractivity (Wildman–Crippen MR) is 86.6 cm³/mol. The molecule has 6 heteroatoms. The summed E-state index contributed by atoms with van der Waals surface area (Å²) in [4.78, 5) is 18.0. The maximum atomic E-state index is 11.1. The molecule has 116 valence electrons. The van der Waals surface area contributed by atoms with E-state index in [4.69, 9.17) is 5.73 Å². The lowest BCUT2D eigenvalue weighted by atomic mass is 10.1. The van der Waals surface area contributed by atoms with E-state index in [9.17, 15) is 9.90 Å². The first kappa shape index (κ1) is 15.1. The van der Waals surface area contributed by atoms with Gasteiger partial charge in [0.05, 0.1) is 12.3 Å². The number of hydrogen-bond donors (Lipinski definition) is 2.